The fraction of sp³-hybridized carbons (Fsp3) is 1.00. The van der Waals surface area contributed by atoms with Crippen LogP contribution in [0, 0.1) is 0 Å². The Morgan fingerprint density at radius 3 is 0.583 bits per heavy atom. The molecule has 0 aromatic rings. The summed E-state index contributed by atoms with van der Waals surface area (Å²) < 4.78 is 0. The third kappa shape index (κ3) is 0.0283. The van der Waals surface area contributed by atoms with Gasteiger partial charge in [-0.15, -0.1) is 0 Å². The second kappa shape index (κ2) is 0.260. The van der Waals surface area contributed by atoms with Gasteiger partial charge in [-0.1, -0.05) is 0 Å². The van der Waals surface area contributed by atoms with Gasteiger partial charge >= 0.3 is 54.7 Å². The SMILES string of the molecule is [CH]12[CH]3[CH]4[CH]5[CH]1[Fe]23451678[CH]2[CH]1[CH]6[CH]7[CH]28.[Rh]. The average Bonchev–Trinajstić information content (AvgIpc) is 3.01. The van der Waals surface area contributed by atoms with Gasteiger partial charge in [0.2, 0.25) is 0 Å². The van der Waals surface area contributed by atoms with Crippen LogP contribution in [0.15, 0.2) is 0 Å². The molecule has 1 radical (unpaired) electrons. The van der Waals surface area contributed by atoms with Crippen LogP contribution in [0.1, 0.15) is 0 Å². The Morgan fingerprint density at radius 2 is 0.583 bits per heavy atom. The van der Waals surface area contributed by atoms with E-state index >= 15 is 0 Å². The minimum Gasteiger partial charge on any atom is 0 e. The van der Waals surface area contributed by atoms with Crippen molar-refractivity contribution in [1.29, 1.82) is 0 Å². The van der Waals surface area contributed by atoms with Crippen molar-refractivity contribution >= 4 is 0 Å². The first kappa shape index (κ1) is 4.34. The third-order valence-corrected chi connectivity index (χ3v) is 56.5. The molecule has 10 aliphatic heterocycles. The molecule has 0 aliphatic carbocycles. The van der Waals surface area contributed by atoms with Crippen LogP contribution >= 0.6 is 0 Å². The van der Waals surface area contributed by atoms with Crippen LogP contribution in [0.5, 0.6) is 0 Å². The normalized spacial score (nSPS) is 157. The number of hydrogen-bond acceptors (Lipinski definition) is 0. The summed E-state index contributed by atoms with van der Waals surface area (Å²) >= 11 is 0. The average molecular weight is 289 g/mol. The van der Waals surface area contributed by atoms with E-state index in [-0.39, 0.29) is 19.5 Å². The number of hydrogen-bond donors (Lipinski definition) is 0. The predicted octanol–water partition coefficient (Wildman–Crippen LogP) is 3.37. The smallest absolute Gasteiger partial charge is 0 e. The van der Waals surface area contributed by atoms with Crippen LogP contribution in [-0.4, -0.2) is 0 Å². The largest absolute Gasteiger partial charge is 0 e. The van der Waals surface area contributed by atoms with E-state index in [2.05, 4.69) is 0 Å². The molecule has 0 saturated carbocycles. The Bertz CT molecular complexity index is 577. The van der Waals surface area contributed by atoms with Gasteiger partial charge in [-0.3, -0.25) is 0 Å². The van der Waals surface area contributed by atoms with E-state index in [0.29, 0.717) is 0 Å². The zero-order valence-corrected chi connectivity index (χ0v) is 9.20. The van der Waals surface area contributed by atoms with E-state index in [1.807, 2.05) is 0 Å². The Kier molecular flexibility index (Phi) is 0.0939. The molecule has 0 atom stereocenters. The second-order valence-corrected chi connectivity index (χ2v) is 33.5. The molecule has 10 heterocycles. The van der Waals surface area contributed by atoms with Crippen molar-refractivity contribution in [3.8, 4) is 0 Å². The molecule has 12 heavy (non-hydrogen) atoms. The maximum atomic E-state index is 1.59. The topological polar surface area (TPSA) is 0 Å². The van der Waals surface area contributed by atoms with E-state index < -0.39 is 6.51 Å². The van der Waals surface area contributed by atoms with E-state index in [0.717, 1.165) is 0 Å². The van der Waals surface area contributed by atoms with Gasteiger partial charge < -0.3 is 0 Å². The van der Waals surface area contributed by atoms with E-state index in [1.165, 1.54) is 0 Å². The summed E-state index contributed by atoms with van der Waals surface area (Å²) in [5.74, 6) is 0. The molecule has 0 amide bonds. The van der Waals surface area contributed by atoms with E-state index in [9.17, 15) is 0 Å². The molecule has 0 nitrogen and oxygen atoms in total. The van der Waals surface area contributed by atoms with Crippen molar-refractivity contribution < 1.29 is 26.0 Å². The fourth-order valence-electron chi connectivity index (χ4n) is 15.8. The van der Waals surface area contributed by atoms with Gasteiger partial charge in [-0.2, -0.15) is 0 Å². The van der Waals surface area contributed by atoms with Crippen molar-refractivity contribution in [3.63, 3.8) is 0 Å². The fourth-order valence-corrected chi connectivity index (χ4v) is 88.0. The first-order valence-electron chi connectivity index (χ1n) is 5.37. The second-order valence-electron chi connectivity index (χ2n) is 9.58. The third-order valence-electron chi connectivity index (χ3n) is 14.5. The first-order valence-corrected chi connectivity index (χ1v) is 11.7. The summed E-state index contributed by atoms with van der Waals surface area (Å²) in [6.45, 7) is -2.28. The molecule has 10 saturated heterocycles. The predicted molar refractivity (Wildman–Crippen MR) is 37.5 cm³/mol. The summed E-state index contributed by atoms with van der Waals surface area (Å²) in [7, 11) is 0. The Morgan fingerprint density at radius 1 is 0.417 bits per heavy atom. The van der Waals surface area contributed by atoms with Gasteiger partial charge in [0.25, 0.3) is 0 Å². The van der Waals surface area contributed by atoms with Crippen LogP contribution in [0.4, 0.5) is 0 Å². The zero-order valence-electron chi connectivity index (χ0n) is 6.46. The number of fused-ring (bicyclic) bond motifs is 10. The Balaban J connectivity index is 0.000000400. The monoisotopic (exact) mass is 289 g/mol. The molecule has 0 bridgehead atoms. The molecular formula is C10H10FeRh. The maximum absolute atomic E-state index is 2.28. The molecule has 0 aromatic carbocycles. The molecule has 0 unspecified atom stereocenters. The molecule has 10 aliphatic rings. The Labute approximate surface area is 73.9 Å². The summed E-state index contributed by atoms with van der Waals surface area (Å²) in [5.41, 5.74) is 0. The standard InChI is InChI=1S/2C5H5.Fe.Rh/c2*1-2-4-5-3-1;;/h2*1-5H;;. The summed E-state index contributed by atoms with van der Waals surface area (Å²) in [4.78, 5) is 15.9. The quantitative estimate of drug-likeness (QED) is 0.600. The zero-order chi connectivity index (χ0) is 6.09. The summed E-state index contributed by atoms with van der Waals surface area (Å²) in [5, 5.41) is 0. The van der Waals surface area contributed by atoms with Crippen LogP contribution in [0.2, 0.25) is 48.2 Å². The van der Waals surface area contributed by atoms with Gasteiger partial charge in [-0.25, -0.2) is 0 Å². The van der Waals surface area contributed by atoms with E-state index in [4.69, 9.17) is 0 Å². The van der Waals surface area contributed by atoms with Crippen LogP contribution < -0.4 is 0 Å². The first-order chi connectivity index (χ1) is 5.16. The van der Waals surface area contributed by atoms with Crippen LogP contribution in [0.25, 0.3) is 0 Å². The van der Waals surface area contributed by atoms with Crippen molar-refractivity contribution in [3.05, 3.63) is 0 Å². The van der Waals surface area contributed by atoms with Crippen LogP contribution in [0.3, 0.4) is 0 Å². The van der Waals surface area contributed by atoms with Gasteiger partial charge in [0, 0.05) is 19.5 Å². The van der Waals surface area contributed by atoms with Crippen LogP contribution in [-0.2, 0) is 26.0 Å². The molecule has 10 fully saturated rings. The van der Waals surface area contributed by atoms with Crippen molar-refractivity contribution in [2.45, 2.75) is 48.2 Å². The minimum atomic E-state index is -2.28. The van der Waals surface area contributed by atoms with E-state index in [1.54, 1.807) is 48.2 Å². The van der Waals surface area contributed by atoms with Gasteiger partial charge in [0.15, 0.2) is 0 Å². The molecule has 1 spiro atoms. The summed E-state index contributed by atoms with van der Waals surface area (Å²) in [6, 6.07) is 0. The Hall–Kier alpha value is 1.14. The summed E-state index contributed by atoms with van der Waals surface area (Å²) in [6.07, 6.45) is 0. The molecular weight excluding hydrogens is 279 g/mol. The molecule has 0 aromatic heterocycles. The van der Waals surface area contributed by atoms with Crippen molar-refractivity contribution in [2.75, 3.05) is 0 Å². The minimum absolute atomic E-state index is 0. The van der Waals surface area contributed by atoms with Gasteiger partial charge in [-0.05, 0) is 0 Å². The molecule has 0 N–H and O–H groups in total. The van der Waals surface area contributed by atoms with Gasteiger partial charge in [0.05, 0.1) is 0 Å². The maximum Gasteiger partial charge on any atom is 0 e. The molecule has 2 heteroatoms. The molecule has 67 valence electrons. The number of rotatable bonds is 0. The van der Waals surface area contributed by atoms with Crippen molar-refractivity contribution in [2.24, 2.45) is 0 Å². The van der Waals surface area contributed by atoms with Gasteiger partial charge in [0.1, 0.15) is 0 Å². The van der Waals surface area contributed by atoms with Crippen molar-refractivity contribution in [1.82, 2.24) is 0 Å². The molecule has 10 rings (SSSR count).